The Labute approximate surface area is 111 Å². The Morgan fingerprint density at radius 1 is 1.37 bits per heavy atom. The Balaban J connectivity index is 2.09. The standard InChI is InChI=1S/C11H15N3O4S/c1-6-10(7(2)18-13-6)19(16,17)14-8-3-4-9(14)11(15)12-5-8/h8-9H,3-5H2,1-2H3,(H,12,15). The smallest absolute Gasteiger partial charge is 0.249 e. The first kappa shape index (κ1) is 12.6. The maximum Gasteiger partial charge on any atom is 0.249 e. The Kier molecular flexibility index (Phi) is 2.68. The minimum Gasteiger partial charge on any atom is -0.360 e. The fourth-order valence-electron chi connectivity index (χ4n) is 2.95. The van der Waals surface area contributed by atoms with E-state index in [4.69, 9.17) is 4.52 Å². The molecule has 0 aliphatic carbocycles. The van der Waals surface area contributed by atoms with Crippen molar-refractivity contribution in [2.24, 2.45) is 0 Å². The fraction of sp³-hybridized carbons (Fsp3) is 0.636. The van der Waals surface area contributed by atoms with Crippen LogP contribution >= 0.6 is 0 Å². The number of piperazine rings is 1. The number of nitrogens with one attached hydrogen (secondary N) is 1. The van der Waals surface area contributed by atoms with E-state index in [0.29, 0.717) is 25.1 Å². The fourth-order valence-corrected chi connectivity index (χ4v) is 5.08. The number of sulfonamides is 1. The maximum absolute atomic E-state index is 12.7. The van der Waals surface area contributed by atoms with Crippen molar-refractivity contribution in [1.82, 2.24) is 14.8 Å². The summed E-state index contributed by atoms with van der Waals surface area (Å²) >= 11 is 0. The summed E-state index contributed by atoms with van der Waals surface area (Å²) in [7, 11) is -3.73. The molecule has 1 aromatic heterocycles. The van der Waals surface area contributed by atoms with E-state index in [2.05, 4.69) is 10.5 Å². The SMILES string of the molecule is Cc1noc(C)c1S(=O)(=O)N1C2CCC1C(=O)NC2. The van der Waals surface area contributed by atoms with Gasteiger partial charge in [0, 0.05) is 12.6 Å². The highest BCUT2D eigenvalue weighted by Gasteiger charge is 2.49. The Bertz CT molecular complexity index is 617. The van der Waals surface area contributed by atoms with Crippen LogP contribution in [0.15, 0.2) is 9.42 Å². The van der Waals surface area contributed by atoms with Crippen molar-refractivity contribution in [2.75, 3.05) is 6.54 Å². The molecule has 0 saturated carbocycles. The number of aromatic nitrogens is 1. The van der Waals surface area contributed by atoms with E-state index in [1.54, 1.807) is 13.8 Å². The molecule has 1 N–H and O–H groups in total. The van der Waals surface area contributed by atoms with Crippen LogP contribution in [0.4, 0.5) is 0 Å². The van der Waals surface area contributed by atoms with E-state index in [9.17, 15) is 13.2 Å². The van der Waals surface area contributed by atoms with E-state index in [1.807, 2.05) is 0 Å². The summed E-state index contributed by atoms with van der Waals surface area (Å²) in [6, 6.07) is -0.765. The van der Waals surface area contributed by atoms with Crippen LogP contribution in [0.25, 0.3) is 0 Å². The molecule has 2 aliphatic heterocycles. The van der Waals surface area contributed by atoms with Crippen molar-refractivity contribution >= 4 is 15.9 Å². The molecule has 19 heavy (non-hydrogen) atoms. The molecule has 2 unspecified atom stereocenters. The van der Waals surface area contributed by atoms with Gasteiger partial charge in [-0.1, -0.05) is 5.16 Å². The lowest BCUT2D eigenvalue weighted by atomic mass is 10.2. The average molecular weight is 285 g/mol. The zero-order valence-corrected chi connectivity index (χ0v) is 11.5. The highest BCUT2D eigenvalue weighted by Crippen LogP contribution is 2.35. The number of aryl methyl sites for hydroxylation is 2. The van der Waals surface area contributed by atoms with Gasteiger partial charge in [-0.25, -0.2) is 8.42 Å². The van der Waals surface area contributed by atoms with Crippen molar-refractivity contribution in [1.29, 1.82) is 0 Å². The summed E-state index contributed by atoms with van der Waals surface area (Å²) in [5.41, 5.74) is 0.336. The molecule has 3 rings (SSSR count). The molecule has 1 aromatic rings. The molecule has 3 heterocycles. The summed E-state index contributed by atoms with van der Waals surface area (Å²) in [5, 5.41) is 6.42. The number of rotatable bonds is 2. The van der Waals surface area contributed by atoms with Crippen molar-refractivity contribution in [3.63, 3.8) is 0 Å². The minimum absolute atomic E-state index is 0.0964. The van der Waals surface area contributed by atoms with Gasteiger partial charge in [-0.15, -0.1) is 0 Å². The molecule has 1 amide bonds. The summed E-state index contributed by atoms with van der Waals surface area (Å²) in [6.45, 7) is 3.53. The predicted octanol–water partition coefficient (Wildman–Crippen LogP) is -0.0571. The number of carbonyl (C=O) groups excluding carboxylic acids is 1. The summed E-state index contributed by atoms with van der Waals surface area (Å²) in [4.78, 5) is 11.9. The third kappa shape index (κ3) is 1.70. The maximum atomic E-state index is 12.7. The van der Waals surface area contributed by atoms with Crippen LogP contribution in [0.2, 0.25) is 0 Å². The van der Waals surface area contributed by atoms with Crippen molar-refractivity contribution in [2.45, 2.75) is 43.7 Å². The molecule has 7 nitrogen and oxygen atoms in total. The first-order valence-corrected chi connectivity index (χ1v) is 7.61. The van der Waals surface area contributed by atoms with Gasteiger partial charge in [-0.3, -0.25) is 4.79 Å². The van der Waals surface area contributed by atoms with Crippen LogP contribution < -0.4 is 5.32 Å². The molecule has 2 aliphatic rings. The van der Waals surface area contributed by atoms with Gasteiger partial charge in [0.1, 0.15) is 16.6 Å². The number of amides is 1. The van der Waals surface area contributed by atoms with Gasteiger partial charge in [-0.2, -0.15) is 4.31 Å². The van der Waals surface area contributed by atoms with Gasteiger partial charge in [-0.05, 0) is 26.7 Å². The van der Waals surface area contributed by atoms with E-state index < -0.39 is 16.1 Å². The second kappa shape index (κ2) is 4.04. The van der Waals surface area contributed by atoms with Gasteiger partial charge in [0.25, 0.3) is 0 Å². The number of carbonyl (C=O) groups is 1. The largest absolute Gasteiger partial charge is 0.360 e. The Morgan fingerprint density at radius 2 is 2.11 bits per heavy atom. The van der Waals surface area contributed by atoms with E-state index in [-0.39, 0.29) is 22.6 Å². The van der Waals surface area contributed by atoms with Crippen molar-refractivity contribution in [3.8, 4) is 0 Å². The molecule has 0 aromatic carbocycles. The topological polar surface area (TPSA) is 92.5 Å². The molecule has 0 radical (unpaired) electrons. The highest BCUT2D eigenvalue weighted by molar-refractivity contribution is 7.89. The zero-order valence-electron chi connectivity index (χ0n) is 10.7. The molecule has 104 valence electrons. The molecule has 2 fully saturated rings. The van der Waals surface area contributed by atoms with E-state index >= 15 is 0 Å². The lowest BCUT2D eigenvalue weighted by Gasteiger charge is -2.32. The lowest BCUT2D eigenvalue weighted by molar-refractivity contribution is -0.126. The molecule has 2 saturated heterocycles. The Hall–Kier alpha value is -1.41. The quantitative estimate of drug-likeness (QED) is 0.822. The van der Waals surface area contributed by atoms with Crippen molar-refractivity contribution in [3.05, 3.63) is 11.5 Å². The zero-order chi connectivity index (χ0) is 13.8. The normalized spacial score (nSPS) is 27.6. The van der Waals surface area contributed by atoms with E-state index in [0.717, 1.165) is 0 Å². The predicted molar refractivity (Wildman–Crippen MR) is 64.8 cm³/mol. The third-order valence-corrected chi connectivity index (χ3v) is 5.96. The van der Waals surface area contributed by atoms with Crippen LogP contribution in [0.1, 0.15) is 24.3 Å². The van der Waals surface area contributed by atoms with Crippen LogP contribution in [0.5, 0.6) is 0 Å². The Morgan fingerprint density at radius 3 is 2.74 bits per heavy atom. The summed E-state index contributed by atoms with van der Waals surface area (Å²) in [6.07, 6.45) is 1.27. The first-order valence-electron chi connectivity index (χ1n) is 6.17. The number of hydrogen-bond donors (Lipinski definition) is 1. The second-order valence-corrected chi connectivity index (χ2v) is 6.76. The second-order valence-electron chi connectivity index (χ2n) is 4.98. The van der Waals surface area contributed by atoms with E-state index in [1.165, 1.54) is 4.31 Å². The summed E-state index contributed by atoms with van der Waals surface area (Å²) < 4.78 is 31.8. The van der Waals surface area contributed by atoms with Gasteiger partial charge in [0.15, 0.2) is 5.76 Å². The van der Waals surface area contributed by atoms with Gasteiger partial charge >= 0.3 is 0 Å². The number of nitrogens with zero attached hydrogens (tertiary/aromatic N) is 2. The van der Waals surface area contributed by atoms with Crippen LogP contribution in [0.3, 0.4) is 0 Å². The van der Waals surface area contributed by atoms with Gasteiger partial charge < -0.3 is 9.84 Å². The number of fused-ring (bicyclic) bond motifs is 2. The highest BCUT2D eigenvalue weighted by atomic mass is 32.2. The first-order chi connectivity index (χ1) is 8.93. The summed E-state index contributed by atoms with van der Waals surface area (Å²) in [5.74, 6) is 0.0481. The molecular weight excluding hydrogens is 270 g/mol. The van der Waals surface area contributed by atoms with Gasteiger partial charge in [0.2, 0.25) is 15.9 Å². The molecule has 2 bridgehead atoms. The van der Waals surface area contributed by atoms with Crippen LogP contribution in [-0.2, 0) is 14.8 Å². The molecule has 0 spiro atoms. The third-order valence-electron chi connectivity index (χ3n) is 3.76. The van der Waals surface area contributed by atoms with Crippen LogP contribution in [-0.4, -0.2) is 42.4 Å². The van der Waals surface area contributed by atoms with Crippen molar-refractivity contribution < 1.29 is 17.7 Å². The average Bonchev–Trinajstić information content (AvgIpc) is 2.86. The van der Waals surface area contributed by atoms with Gasteiger partial charge in [0.05, 0.1) is 0 Å². The van der Waals surface area contributed by atoms with Crippen LogP contribution in [0, 0.1) is 13.8 Å². The lowest BCUT2D eigenvalue weighted by Crippen LogP contribution is -2.57. The molecular formula is C11H15N3O4S. The molecule has 8 heteroatoms. The number of hydrogen-bond acceptors (Lipinski definition) is 5. The minimum atomic E-state index is -3.73. The molecule has 2 atom stereocenters. The monoisotopic (exact) mass is 285 g/mol.